The fourth-order valence-corrected chi connectivity index (χ4v) is 2.42. The molecule has 0 bridgehead atoms. The Hall–Kier alpha value is -1.28. The van der Waals surface area contributed by atoms with Crippen LogP contribution < -0.4 is 5.73 Å². The molecule has 0 saturated heterocycles. The van der Waals surface area contributed by atoms with Gasteiger partial charge in [-0.3, -0.25) is 0 Å². The number of aromatic nitrogens is 1. The van der Waals surface area contributed by atoms with Gasteiger partial charge in [-0.05, 0) is 25.0 Å². The molecule has 0 radical (unpaired) electrons. The summed E-state index contributed by atoms with van der Waals surface area (Å²) in [6.07, 6.45) is 1.05. The number of hydrogen-bond donors (Lipinski definition) is 1. The number of nitrogens with two attached hydrogens (primary N) is 1. The monoisotopic (exact) mass is 202 g/mol. The van der Waals surface area contributed by atoms with Crippen LogP contribution >= 0.6 is 0 Å². The van der Waals surface area contributed by atoms with Crippen molar-refractivity contribution in [2.24, 2.45) is 5.73 Å². The molecule has 1 heterocycles. The van der Waals surface area contributed by atoms with Crippen LogP contribution in [0.25, 0.3) is 10.9 Å². The highest BCUT2D eigenvalue weighted by molar-refractivity contribution is 5.85. The predicted molar refractivity (Wildman–Crippen MR) is 64.9 cm³/mol. The molecule has 2 N–H and O–H groups in total. The first kappa shape index (κ1) is 10.2. The van der Waals surface area contributed by atoms with Crippen LogP contribution in [0.1, 0.15) is 25.1 Å². The third-order valence-corrected chi connectivity index (χ3v) is 3.05. The van der Waals surface area contributed by atoms with E-state index in [1.165, 1.54) is 22.2 Å². The van der Waals surface area contributed by atoms with Crippen LogP contribution in [0, 0.1) is 0 Å². The highest BCUT2D eigenvalue weighted by Gasteiger charge is 2.12. The maximum atomic E-state index is 5.85. The Labute approximate surface area is 90.7 Å². The summed E-state index contributed by atoms with van der Waals surface area (Å²) in [4.78, 5) is 0. The molecule has 0 unspecified atom stereocenters. The lowest BCUT2D eigenvalue weighted by Crippen LogP contribution is -2.04. The quantitative estimate of drug-likeness (QED) is 0.815. The van der Waals surface area contributed by atoms with Gasteiger partial charge in [0.25, 0.3) is 0 Å². The second-order valence-corrected chi connectivity index (χ2v) is 3.74. The van der Waals surface area contributed by atoms with Crippen LogP contribution in [-0.4, -0.2) is 4.57 Å². The number of nitrogens with zero attached hydrogens (tertiary/aromatic N) is 1. The van der Waals surface area contributed by atoms with Crippen LogP contribution in [0.3, 0.4) is 0 Å². The van der Waals surface area contributed by atoms with Crippen molar-refractivity contribution < 1.29 is 0 Å². The van der Waals surface area contributed by atoms with Crippen molar-refractivity contribution >= 4 is 10.9 Å². The Morgan fingerprint density at radius 3 is 2.53 bits per heavy atom. The van der Waals surface area contributed by atoms with Crippen molar-refractivity contribution in [2.45, 2.75) is 33.4 Å². The number of benzene rings is 1. The standard InChI is InChI=1S/C13H18N2/c1-3-12-11(9-14)10-7-5-6-8-13(10)15(12)4-2/h5-8H,3-4,9,14H2,1-2H3. The van der Waals surface area contributed by atoms with Crippen LogP contribution in [-0.2, 0) is 19.5 Å². The van der Waals surface area contributed by atoms with Gasteiger partial charge in [0.15, 0.2) is 0 Å². The van der Waals surface area contributed by atoms with E-state index in [1.807, 2.05) is 0 Å². The van der Waals surface area contributed by atoms with Crippen molar-refractivity contribution in [1.82, 2.24) is 4.57 Å². The largest absolute Gasteiger partial charge is 0.345 e. The molecule has 2 nitrogen and oxygen atoms in total. The van der Waals surface area contributed by atoms with Crippen molar-refractivity contribution in [1.29, 1.82) is 0 Å². The first-order chi connectivity index (χ1) is 7.33. The summed E-state index contributed by atoms with van der Waals surface area (Å²) in [7, 11) is 0. The summed E-state index contributed by atoms with van der Waals surface area (Å²) in [5.74, 6) is 0. The number of fused-ring (bicyclic) bond motifs is 1. The van der Waals surface area contributed by atoms with Gasteiger partial charge in [-0.25, -0.2) is 0 Å². The Bertz CT molecular complexity index is 428. The Balaban J connectivity index is 2.82. The molecule has 0 fully saturated rings. The van der Waals surface area contributed by atoms with E-state index in [9.17, 15) is 0 Å². The van der Waals surface area contributed by atoms with Gasteiger partial charge >= 0.3 is 0 Å². The SMILES string of the molecule is CCc1c(CN)c2ccccc2n1CC. The molecule has 0 aliphatic rings. The van der Waals surface area contributed by atoms with Crippen LogP contribution in [0.15, 0.2) is 24.3 Å². The van der Waals surface area contributed by atoms with Gasteiger partial charge in [0.05, 0.1) is 0 Å². The van der Waals surface area contributed by atoms with E-state index in [0.29, 0.717) is 6.54 Å². The minimum absolute atomic E-state index is 0.636. The lowest BCUT2D eigenvalue weighted by Gasteiger charge is -2.06. The van der Waals surface area contributed by atoms with Crippen LogP contribution in [0.5, 0.6) is 0 Å². The topological polar surface area (TPSA) is 30.9 Å². The third-order valence-electron chi connectivity index (χ3n) is 3.05. The zero-order valence-electron chi connectivity index (χ0n) is 9.46. The van der Waals surface area contributed by atoms with Gasteiger partial charge in [-0.2, -0.15) is 0 Å². The summed E-state index contributed by atoms with van der Waals surface area (Å²) in [5, 5.41) is 1.32. The molecular formula is C13H18N2. The first-order valence-corrected chi connectivity index (χ1v) is 5.62. The average molecular weight is 202 g/mol. The molecular weight excluding hydrogens is 184 g/mol. The zero-order valence-corrected chi connectivity index (χ0v) is 9.46. The van der Waals surface area contributed by atoms with Gasteiger partial charge in [-0.1, -0.05) is 25.1 Å². The minimum atomic E-state index is 0.636. The highest BCUT2D eigenvalue weighted by atomic mass is 15.0. The molecule has 2 rings (SSSR count). The smallest absolute Gasteiger partial charge is 0.0485 e. The predicted octanol–water partition coefficient (Wildman–Crippen LogP) is 2.68. The molecule has 0 amide bonds. The zero-order chi connectivity index (χ0) is 10.8. The molecule has 0 aliphatic carbocycles. The minimum Gasteiger partial charge on any atom is -0.345 e. The van der Waals surface area contributed by atoms with Gasteiger partial charge in [0.2, 0.25) is 0 Å². The van der Waals surface area contributed by atoms with Crippen molar-refractivity contribution in [3.05, 3.63) is 35.5 Å². The van der Waals surface area contributed by atoms with Crippen molar-refractivity contribution in [2.75, 3.05) is 0 Å². The van der Waals surface area contributed by atoms with E-state index in [4.69, 9.17) is 5.73 Å². The first-order valence-electron chi connectivity index (χ1n) is 5.62. The molecule has 2 aromatic rings. The molecule has 0 saturated carbocycles. The summed E-state index contributed by atoms with van der Waals surface area (Å²) in [6.45, 7) is 6.03. The van der Waals surface area contributed by atoms with Gasteiger partial charge in [0, 0.05) is 29.7 Å². The third kappa shape index (κ3) is 1.45. The summed E-state index contributed by atoms with van der Waals surface area (Å²) in [5.41, 5.74) is 9.87. The second kappa shape index (κ2) is 4.07. The molecule has 1 aromatic heterocycles. The van der Waals surface area contributed by atoms with E-state index in [-0.39, 0.29) is 0 Å². The lowest BCUT2D eigenvalue weighted by molar-refractivity contribution is 0.736. The van der Waals surface area contributed by atoms with Gasteiger partial charge < -0.3 is 10.3 Å². The van der Waals surface area contributed by atoms with Gasteiger partial charge in [0.1, 0.15) is 0 Å². The fraction of sp³-hybridized carbons (Fsp3) is 0.385. The van der Waals surface area contributed by atoms with Crippen molar-refractivity contribution in [3.63, 3.8) is 0 Å². The number of rotatable bonds is 3. The highest BCUT2D eigenvalue weighted by Crippen LogP contribution is 2.26. The summed E-state index contributed by atoms with van der Waals surface area (Å²) < 4.78 is 2.37. The fourth-order valence-electron chi connectivity index (χ4n) is 2.42. The number of aryl methyl sites for hydroxylation is 1. The second-order valence-electron chi connectivity index (χ2n) is 3.74. The molecule has 80 valence electrons. The van der Waals surface area contributed by atoms with Crippen LogP contribution in [0.2, 0.25) is 0 Å². The van der Waals surface area contributed by atoms with E-state index >= 15 is 0 Å². The number of para-hydroxylation sites is 1. The van der Waals surface area contributed by atoms with E-state index in [1.54, 1.807) is 0 Å². The number of hydrogen-bond acceptors (Lipinski definition) is 1. The molecule has 0 spiro atoms. The molecule has 1 aromatic carbocycles. The Morgan fingerprint density at radius 1 is 1.20 bits per heavy atom. The summed E-state index contributed by atoms with van der Waals surface area (Å²) >= 11 is 0. The summed E-state index contributed by atoms with van der Waals surface area (Å²) in [6, 6.07) is 8.52. The van der Waals surface area contributed by atoms with E-state index in [0.717, 1.165) is 13.0 Å². The van der Waals surface area contributed by atoms with E-state index in [2.05, 4.69) is 42.7 Å². The maximum absolute atomic E-state index is 5.85. The van der Waals surface area contributed by atoms with E-state index < -0.39 is 0 Å². The normalized spacial score (nSPS) is 11.1. The molecule has 0 aliphatic heterocycles. The Kier molecular flexibility index (Phi) is 2.78. The molecule has 15 heavy (non-hydrogen) atoms. The lowest BCUT2D eigenvalue weighted by atomic mass is 10.1. The maximum Gasteiger partial charge on any atom is 0.0485 e. The molecule has 0 atom stereocenters. The average Bonchev–Trinajstić information content (AvgIpc) is 2.61. The Morgan fingerprint density at radius 2 is 1.93 bits per heavy atom. The van der Waals surface area contributed by atoms with Crippen LogP contribution in [0.4, 0.5) is 0 Å². The van der Waals surface area contributed by atoms with Gasteiger partial charge in [-0.15, -0.1) is 0 Å². The van der Waals surface area contributed by atoms with Crippen molar-refractivity contribution in [3.8, 4) is 0 Å². The molecule has 2 heteroatoms.